The van der Waals surface area contributed by atoms with Gasteiger partial charge in [-0.15, -0.1) is 10.2 Å². The summed E-state index contributed by atoms with van der Waals surface area (Å²) in [6.45, 7) is 5.33. The van der Waals surface area contributed by atoms with Crippen molar-refractivity contribution in [3.8, 4) is 0 Å². The standard InChI is InChI=1S/C21H30FN7O/c1-23-21(25-15-20-27-26-19-4-2-3-9-29(19)20)24-14-18(28-10-12-30-13-11-28)16-5-7-17(22)8-6-16/h5-8,18H,2-4,9-15H2,1H3,(H2,23,24,25). The Kier molecular flexibility index (Phi) is 6.91. The molecule has 4 rings (SSSR count). The number of nitrogens with zero attached hydrogens (tertiary/aromatic N) is 5. The molecule has 0 spiro atoms. The van der Waals surface area contributed by atoms with E-state index in [1.807, 2.05) is 12.1 Å². The molecule has 1 aromatic carbocycles. The maximum Gasteiger partial charge on any atom is 0.191 e. The molecule has 2 aromatic rings. The number of guanidine groups is 1. The smallest absolute Gasteiger partial charge is 0.191 e. The number of nitrogens with one attached hydrogen (secondary N) is 2. The minimum absolute atomic E-state index is 0.105. The fraction of sp³-hybridized carbons (Fsp3) is 0.571. The minimum Gasteiger partial charge on any atom is -0.379 e. The van der Waals surface area contributed by atoms with Crippen molar-refractivity contribution in [1.29, 1.82) is 0 Å². The predicted octanol–water partition coefficient (Wildman–Crippen LogP) is 1.49. The zero-order chi connectivity index (χ0) is 20.8. The Morgan fingerprint density at radius 1 is 1.13 bits per heavy atom. The first kappa shape index (κ1) is 20.7. The van der Waals surface area contributed by atoms with Crippen LogP contribution in [0.15, 0.2) is 29.3 Å². The Bertz CT molecular complexity index is 846. The molecule has 1 aromatic heterocycles. The Morgan fingerprint density at radius 2 is 1.93 bits per heavy atom. The van der Waals surface area contributed by atoms with Gasteiger partial charge in [0.05, 0.1) is 25.8 Å². The average Bonchev–Trinajstić information content (AvgIpc) is 3.21. The highest BCUT2D eigenvalue weighted by Crippen LogP contribution is 2.21. The molecule has 30 heavy (non-hydrogen) atoms. The van der Waals surface area contributed by atoms with Gasteiger partial charge in [-0.2, -0.15) is 0 Å². The van der Waals surface area contributed by atoms with Crippen molar-refractivity contribution < 1.29 is 9.13 Å². The molecular formula is C21H30FN7O. The van der Waals surface area contributed by atoms with E-state index in [0.29, 0.717) is 32.3 Å². The third kappa shape index (κ3) is 4.96. The Balaban J connectivity index is 1.38. The summed E-state index contributed by atoms with van der Waals surface area (Å²) in [6, 6.07) is 6.86. The van der Waals surface area contributed by atoms with Gasteiger partial charge in [0.15, 0.2) is 11.8 Å². The molecule has 3 heterocycles. The summed E-state index contributed by atoms with van der Waals surface area (Å²) in [5.41, 5.74) is 1.08. The number of halogens is 1. The van der Waals surface area contributed by atoms with Crippen molar-refractivity contribution >= 4 is 5.96 Å². The lowest BCUT2D eigenvalue weighted by molar-refractivity contribution is 0.0170. The number of aliphatic imine (C=N–C) groups is 1. The van der Waals surface area contributed by atoms with Crippen LogP contribution in [0, 0.1) is 5.82 Å². The van der Waals surface area contributed by atoms with Crippen molar-refractivity contribution in [2.45, 2.75) is 38.4 Å². The maximum atomic E-state index is 13.4. The van der Waals surface area contributed by atoms with Gasteiger partial charge in [0.25, 0.3) is 0 Å². The molecule has 2 aliphatic rings. The third-order valence-corrected chi connectivity index (χ3v) is 5.78. The number of morpholine rings is 1. The second-order valence-electron chi connectivity index (χ2n) is 7.66. The predicted molar refractivity (Wildman–Crippen MR) is 113 cm³/mol. The van der Waals surface area contributed by atoms with E-state index in [1.54, 1.807) is 7.05 Å². The summed E-state index contributed by atoms with van der Waals surface area (Å²) in [5.74, 6) is 2.51. The Morgan fingerprint density at radius 3 is 2.70 bits per heavy atom. The molecular weight excluding hydrogens is 385 g/mol. The molecule has 1 atom stereocenters. The van der Waals surface area contributed by atoms with Gasteiger partial charge in [-0.3, -0.25) is 9.89 Å². The van der Waals surface area contributed by atoms with Gasteiger partial charge in [-0.05, 0) is 30.5 Å². The highest BCUT2D eigenvalue weighted by atomic mass is 19.1. The molecule has 0 aliphatic carbocycles. The van der Waals surface area contributed by atoms with Crippen LogP contribution in [-0.4, -0.2) is 65.5 Å². The lowest BCUT2D eigenvalue weighted by Gasteiger charge is -2.35. The number of ether oxygens (including phenoxy) is 1. The second kappa shape index (κ2) is 9.99. The largest absolute Gasteiger partial charge is 0.379 e. The quantitative estimate of drug-likeness (QED) is 0.550. The molecule has 1 fully saturated rings. The van der Waals surface area contributed by atoms with Gasteiger partial charge in [-0.25, -0.2) is 4.39 Å². The van der Waals surface area contributed by atoms with E-state index in [2.05, 4.69) is 35.3 Å². The fourth-order valence-corrected chi connectivity index (χ4v) is 4.11. The van der Waals surface area contributed by atoms with Gasteiger partial charge in [0.1, 0.15) is 11.6 Å². The van der Waals surface area contributed by atoms with Gasteiger partial charge in [0, 0.05) is 39.6 Å². The highest BCUT2D eigenvalue weighted by Gasteiger charge is 2.23. The van der Waals surface area contributed by atoms with Crippen LogP contribution in [-0.2, 0) is 24.2 Å². The Labute approximate surface area is 176 Å². The van der Waals surface area contributed by atoms with Gasteiger partial charge >= 0.3 is 0 Å². The van der Waals surface area contributed by atoms with Crippen molar-refractivity contribution in [2.75, 3.05) is 39.9 Å². The van der Waals surface area contributed by atoms with E-state index in [9.17, 15) is 4.39 Å². The number of rotatable bonds is 6. The zero-order valence-electron chi connectivity index (χ0n) is 17.5. The van der Waals surface area contributed by atoms with Gasteiger partial charge < -0.3 is 19.9 Å². The molecule has 0 saturated carbocycles. The number of hydrogen-bond acceptors (Lipinski definition) is 5. The summed E-state index contributed by atoms with van der Waals surface area (Å²) >= 11 is 0. The summed E-state index contributed by atoms with van der Waals surface area (Å²) in [6.07, 6.45) is 3.35. The molecule has 8 nitrogen and oxygen atoms in total. The van der Waals surface area contributed by atoms with Crippen LogP contribution in [0.2, 0.25) is 0 Å². The number of fused-ring (bicyclic) bond motifs is 1. The van der Waals surface area contributed by atoms with E-state index >= 15 is 0 Å². The minimum atomic E-state index is -0.221. The zero-order valence-corrected chi connectivity index (χ0v) is 17.5. The molecule has 9 heteroatoms. The normalized spacial score (nSPS) is 18.7. The molecule has 2 N–H and O–H groups in total. The highest BCUT2D eigenvalue weighted by molar-refractivity contribution is 5.79. The van der Waals surface area contributed by atoms with E-state index in [4.69, 9.17) is 4.74 Å². The average molecular weight is 416 g/mol. The van der Waals surface area contributed by atoms with E-state index in [1.165, 1.54) is 25.0 Å². The monoisotopic (exact) mass is 415 g/mol. The summed E-state index contributed by atoms with van der Waals surface area (Å²) in [7, 11) is 1.76. The lowest BCUT2D eigenvalue weighted by Crippen LogP contribution is -2.46. The molecule has 162 valence electrons. The van der Waals surface area contributed by atoms with Crippen molar-refractivity contribution in [3.63, 3.8) is 0 Å². The Hall–Kier alpha value is -2.52. The SMILES string of the molecule is CN=C(NCc1nnc2n1CCCC2)NCC(c1ccc(F)cc1)N1CCOCC1. The molecule has 0 bridgehead atoms. The molecule has 1 unspecified atom stereocenters. The number of aryl methyl sites for hydroxylation is 1. The van der Waals surface area contributed by atoms with Crippen LogP contribution >= 0.6 is 0 Å². The first-order valence-electron chi connectivity index (χ1n) is 10.7. The van der Waals surface area contributed by atoms with Crippen LogP contribution in [0.1, 0.15) is 36.1 Å². The number of hydrogen-bond donors (Lipinski definition) is 2. The lowest BCUT2D eigenvalue weighted by atomic mass is 10.0. The van der Waals surface area contributed by atoms with E-state index in [0.717, 1.165) is 43.3 Å². The van der Waals surface area contributed by atoms with Crippen LogP contribution in [0.4, 0.5) is 4.39 Å². The van der Waals surface area contributed by atoms with Crippen molar-refractivity contribution in [3.05, 3.63) is 47.3 Å². The molecule has 0 amide bonds. The fourth-order valence-electron chi connectivity index (χ4n) is 4.11. The summed E-state index contributed by atoms with van der Waals surface area (Å²) in [5, 5.41) is 15.4. The molecule has 1 saturated heterocycles. The summed E-state index contributed by atoms with van der Waals surface area (Å²) in [4.78, 5) is 6.73. The van der Waals surface area contributed by atoms with Crippen molar-refractivity contribution in [1.82, 2.24) is 30.3 Å². The van der Waals surface area contributed by atoms with Gasteiger partial charge in [-0.1, -0.05) is 12.1 Å². The third-order valence-electron chi connectivity index (χ3n) is 5.78. The maximum absolute atomic E-state index is 13.4. The molecule has 0 radical (unpaired) electrons. The summed E-state index contributed by atoms with van der Waals surface area (Å²) < 4.78 is 21.1. The number of benzene rings is 1. The first-order chi connectivity index (χ1) is 14.7. The van der Waals surface area contributed by atoms with Crippen LogP contribution in [0.5, 0.6) is 0 Å². The topological polar surface area (TPSA) is 79.6 Å². The van der Waals surface area contributed by atoms with Crippen LogP contribution in [0.25, 0.3) is 0 Å². The van der Waals surface area contributed by atoms with E-state index < -0.39 is 0 Å². The van der Waals surface area contributed by atoms with Crippen molar-refractivity contribution in [2.24, 2.45) is 4.99 Å². The number of aromatic nitrogens is 3. The van der Waals surface area contributed by atoms with E-state index in [-0.39, 0.29) is 11.9 Å². The van der Waals surface area contributed by atoms with Crippen LogP contribution < -0.4 is 10.6 Å². The first-order valence-corrected chi connectivity index (χ1v) is 10.7. The molecule has 2 aliphatic heterocycles. The van der Waals surface area contributed by atoms with Crippen LogP contribution in [0.3, 0.4) is 0 Å². The second-order valence-corrected chi connectivity index (χ2v) is 7.66. The van der Waals surface area contributed by atoms with Gasteiger partial charge in [0.2, 0.25) is 0 Å².